The molecule has 3 rings (SSSR count). The van der Waals surface area contributed by atoms with E-state index in [-0.39, 0.29) is 11.2 Å². The number of hydrogen-bond donors (Lipinski definition) is 1. The Bertz CT molecular complexity index is 552. The molecule has 1 N–H and O–H groups in total. The highest BCUT2D eigenvalue weighted by Crippen LogP contribution is 2.44. The monoisotopic (exact) mass is 320 g/mol. The number of halogens is 4. The van der Waals surface area contributed by atoms with Crippen molar-refractivity contribution in [2.45, 2.75) is 43.5 Å². The zero-order valence-corrected chi connectivity index (χ0v) is 12.1. The van der Waals surface area contributed by atoms with Crippen LogP contribution >= 0.6 is 11.6 Å². The summed E-state index contributed by atoms with van der Waals surface area (Å²) >= 11 is 5.95. The van der Waals surface area contributed by atoms with E-state index in [0.29, 0.717) is 12.0 Å². The van der Waals surface area contributed by atoms with E-state index in [9.17, 15) is 18.3 Å². The molecule has 2 aliphatic heterocycles. The summed E-state index contributed by atoms with van der Waals surface area (Å²) in [4.78, 5) is 5.63. The van der Waals surface area contributed by atoms with Crippen molar-refractivity contribution in [1.29, 1.82) is 0 Å². The molecule has 2 aliphatic rings. The average Bonchev–Trinajstić information content (AvgIpc) is 2.77. The summed E-state index contributed by atoms with van der Waals surface area (Å²) in [6.45, 7) is 1.65. The first kappa shape index (κ1) is 15.1. The van der Waals surface area contributed by atoms with Crippen molar-refractivity contribution in [3.05, 3.63) is 28.5 Å². The molecule has 0 amide bonds. The molecular weight excluding hydrogens is 305 g/mol. The van der Waals surface area contributed by atoms with Crippen LogP contribution in [0.5, 0.6) is 0 Å². The number of piperidine rings is 1. The lowest BCUT2D eigenvalue weighted by Gasteiger charge is -2.37. The first-order valence-electron chi connectivity index (χ1n) is 7.03. The minimum absolute atomic E-state index is 0.0812. The lowest BCUT2D eigenvalue weighted by atomic mass is 9.83. The number of hydrogen-bond acceptors (Lipinski definition) is 3. The van der Waals surface area contributed by atoms with Crippen molar-refractivity contribution in [2.75, 3.05) is 13.1 Å². The van der Waals surface area contributed by atoms with E-state index in [1.807, 2.05) is 0 Å². The largest absolute Gasteiger partial charge is 0.433 e. The summed E-state index contributed by atoms with van der Waals surface area (Å²) in [5, 5.41) is 10.7. The molecule has 0 bridgehead atoms. The fourth-order valence-electron chi connectivity index (χ4n) is 3.51. The number of alkyl halides is 3. The Morgan fingerprint density at radius 1 is 1.29 bits per heavy atom. The summed E-state index contributed by atoms with van der Waals surface area (Å²) < 4.78 is 37.9. The van der Waals surface area contributed by atoms with Gasteiger partial charge in [0, 0.05) is 18.2 Å². The Morgan fingerprint density at radius 3 is 2.71 bits per heavy atom. The summed E-state index contributed by atoms with van der Waals surface area (Å²) in [6, 6.07) is 2.09. The van der Waals surface area contributed by atoms with Crippen molar-refractivity contribution < 1.29 is 18.3 Å². The summed E-state index contributed by atoms with van der Waals surface area (Å²) in [5.74, 6) is 0. The van der Waals surface area contributed by atoms with Crippen LogP contribution in [0.15, 0.2) is 12.1 Å². The number of fused-ring (bicyclic) bond motifs is 1. The van der Waals surface area contributed by atoms with Gasteiger partial charge in [-0.2, -0.15) is 13.2 Å². The van der Waals surface area contributed by atoms with Gasteiger partial charge in [-0.1, -0.05) is 24.1 Å². The first-order valence-corrected chi connectivity index (χ1v) is 7.41. The fraction of sp³-hybridized carbons (Fsp3) is 0.643. The fourth-order valence-corrected chi connectivity index (χ4v) is 3.83. The van der Waals surface area contributed by atoms with Gasteiger partial charge in [-0.15, -0.1) is 0 Å². The first-order chi connectivity index (χ1) is 9.82. The molecule has 3 nitrogen and oxygen atoms in total. The molecule has 7 heteroatoms. The highest BCUT2D eigenvalue weighted by Gasteiger charge is 2.49. The van der Waals surface area contributed by atoms with E-state index in [4.69, 9.17) is 11.6 Å². The average molecular weight is 321 g/mol. The molecule has 0 saturated carbocycles. The number of rotatable bonds is 1. The lowest BCUT2D eigenvalue weighted by Crippen LogP contribution is -2.45. The van der Waals surface area contributed by atoms with E-state index < -0.39 is 17.5 Å². The minimum Gasteiger partial charge on any atom is -0.383 e. The molecule has 1 aromatic rings. The molecule has 1 aromatic heterocycles. The number of pyridine rings is 1. The molecule has 2 atom stereocenters. The van der Waals surface area contributed by atoms with E-state index in [2.05, 4.69) is 9.88 Å². The topological polar surface area (TPSA) is 36.4 Å². The number of nitrogens with zero attached hydrogens (tertiary/aromatic N) is 2. The Labute approximate surface area is 125 Å². The lowest BCUT2D eigenvalue weighted by molar-refractivity contribution is -0.141. The molecule has 2 unspecified atom stereocenters. The Kier molecular flexibility index (Phi) is 3.66. The predicted molar refractivity (Wildman–Crippen MR) is 72.0 cm³/mol. The van der Waals surface area contributed by atoms with E-state index in [1.165, 1.54) is 6.07 Å². The molecule has 2 fully saturated rings. The van der Waals surface area contributed by atoms with Crippen LogP contribution in [0.3, 0.4) is 0 Å². The van der Waals surface area contributed by atoms with E-state index in [0.717, 1.165) is 38.4 Å². The van der Waals surface area contributed by atoms with Gasteiger partial charge in [0.2, 0.25) is 0 Å². The van der Waals surface area contributed by atoms with Gasteiger partial charge in [0.1, 0.15) is 16.4 Å². The maximum Gasteiger partial charge on any atom is 0.433 e. The SMILES string of the molecule is OC1(c2ccc(C(F)(F)F)nc2Cl)CCN2CCCCC21. The van der Waals surface area contributed by atoms with Crippen molar-refractivity contribution in [3.8, 4) is 0 Å². The van der Waals surface area contributed by atoms with Crippen LogP contribution in [0.1, 0.15) is 36.9 Å². The molecule has 116 valence electrons. The van der Waals surface area contributed by atoms with Crippen LogP contribution in [-0.4, -0.2) is 34.1 Å². The van der Waals surface area contributed by atoms with Gasteiger partial charge < -0.3 is 5.11 Å². The molecule has 0 radical (unpaired) electrons. The Hall–Kier alpha value is -0.850. The Morgan fingerprint density at radius 2 is 2.05 bits per heavy atom. The van der Waals surface area contributed by atoms with Crippen molar-refractivity contribution in [3.63, 3.8) is 0 Å². The van der Waals surface area contributed by atoms with Crippen LogP contribution in [0.2, 0.25) is 5.15 Å². The molecule has 0 aromatic carbocycles. The van der Waals surface area contributed by atoms with Crippen molar-refractivity contribution in [2.24, 2.45) is 0 Å². The van der Waals surface area contributed by atoms with Gasteiger partial charge in [0.25, 0.3) is 0 Å². The number of aliphatic hydroxyl groups is 1. The van der Waals surface area contributed by atoms with Crippen LogP contribution in [0.4, 0.5) is 13.2 Å². The second-order valence-corrected chi connectivity index (χ2v) is 6.11. The van der Waals surface area contributed by atoms with E-state index >= 15 is 0 Å². The third-order valence-electron chi connectivity index (χ3n) is 4.55. The van der Waals surface area contributed by atoms with Crippen LogP contribution in [0, 0.1) is 0 Å². The predicted octanol–water partition coefficient (Wildman–Crippen LogP) is 3.20. The zero-order valence-electron chi connectivity index (χ0n) is 11.3. The normalized spacial score (nSPS) is 30.4. The van der Waals surface area contributed by atoms with Gasteiger partial charge in [-0.05, 0) is 31.9 Å². The highest BCUT2D eigenvalue weighted by atomic mass is 35.5. The minimum atomic E-state index is -4.53. The standard InChI is InChI=1S/C14H16ClF3N2O/c15-12-9(4-5-10(19-12)14(16,17)18)13(21)6-8-20-7-2-1-3-11(13)20/h4-5,11,21H,1-3,6-8H2. The van der Waals surface area contributed by atoms with Crippen molar-refractivity contribution in [1.82, 2.24) is 9.88 Å². The summed E-state index contributed by atoms with van der Waals surface area (Å²) in [5.41, 5.74) is -1.92. The highest BCUT2D eigenvalue weighted by molar-refractivity contribution is 6.30. The maximum atomic E-state index is 12.6. The molecule has 3 heterocycles. The zero-order chi connectivity index (χ0) is 15.3. The second kappa shape index (κ2) is 5.11. The smallest absolute Gasteiger partial charge is 0.383 e. The summed E-state index contributed by atoms with van der Waals surface area (Å²) in [6.07, 6.45) is -1.13. The molecule has 2 saturated heterocycles. The van der Waals surface area contributed by atoms with Crippen LogP contribution in [0.25, 0.3) is 0 Å². The van der Waals surface area contributed by atoms with Gasteiger partial charge in [-0.3, -0.25) is 4.90 Å². The molecule has 0 aliphatic carbocycles. The second-order valence-electron chi connectivity index (χ2n) is 5.75. The van der Waals surface area contributed by atoms with Gasteiger partial charge in [0.15, 0.2) is 0 Å². The Balaban J connectivity index is 1.96. The summed E-state index contributed by atoms with van der Waals surface area (Å²) in [7, 11) is 0. The molecule has 21 heavy (non-hydrogen) atoms. The molecule has 0 spiro atoms. The van der Waals surface area contributed by atoms with Gasteiger partial charge in [0.05, 0.1) is 0 Å². The van der Waals surface area contributed by atoms with Crippen molar-refractivity contribution >= 4 is 11.6 Å². The van der Waals surface area contributed by atoms with Gasteiger partial charge in [-0.25, -0.2) is 4.98 Å². The van der Waals surface area contributed by atoms with Crippen LogP contribution in [-0.2, 0) is 11.8 Å². The van der Waals surface area contributed by atoms with Crippen LogP contribution < -0.4 is 0 Å². The maximum absolute atomic E-state index is 12.6. The third-order valence-corrected chi connectivity index (χ3v) is 4.84. The van der Waals surface area contributed by atoms with Gasteiger partial charge >= 0.3 is 6.18 Å². The third kappa shape index (κ3) is 2.53. The number of aromatic nitrogens is 1. The van der Waals surface area contributed by atoms with E-state index in [1.54, 1.807) is 0 Å². The quantitative estimate of drug-likeness (QED) is 0.807. The molecular formula is C14H16ClF3N2O.